The normalized spacial score (nSPS) is 12.6. The molecule has 1 aromatic rings. The van der Waals surface area contributed by atoms with Crippen LogP contribution in [0.25, 0.3) is 0 Å². The predicted octanol–water partition coefficient (Wildman–Crippen LogP) is 1.95. The Morgan fingerprint density at radius 1 is 1.20 bits per heavy atom. The lowest BCUT2D eigenvalue weighted by molar-refractivity contribution is 0.242. The van der Waals surface area contributed by atoms with Gasteiger partial charge in [0.1, 0.15) is 0 Å². The summed E-state index contributed by atoms with van der Waals surface area (Å²) in [5, 5.41) is 8.83. The molecule has 0 amide bonds. The molecular weight excluding hydrogens is 274 g/mol. The van der Waals surface area contributed by atoms with Gasteiger partial charge in [0.2, 0.25) is 10.0 Å². The van der Waals surface area contributed by atoms with Gasteiger partial charge in [-0.15, -0.1) is 0 Å². The lowest BCUT2D eigenvalue weighted by atomic mass is 9.88. The predicted molar refractivity (Wildman–Crippen MR) is 82.0 cm³/mol. The van der Waals surface area contributed by atoms with Gasteiger partial charge in [-0.05, 0) is 30.2 Å². The first kappa shape index (κ1) is 17.1. The molecule has 0 aromatic heterocycles. The SMILES string of the molecule is CC(C)(CCCO)CNS(=O)(=O)CCc1ccccc1. The highest BCUT2D eigenvalue weighted by Gasteiger charge is 2.20. The van der Waals surface area contributed by atoms with Gasteiger partial charge in [0.15, 0.2) is 0 Å². The number of hydrogen-bond acceptors (Lipinski definition) is 3. The molecule has 0 unspecified atom stereocenters. The largest absolute Gasteiger partial charge is 0.396 e. The van der Waals surface area contributed by atoms with Crippen LogP contribution in [0.5, 0.6) is 0 Å². The van der Waals surface area contributed by atoms with Crippen LogP contribution < -0.4 is 4.72 Å². The van der Waals surface area contributed by atoms with Gasteiger partial charge >= 0.3 is 0 Å². The Balaban J connectivity index is 2.42. The molecule has 5 heteroatoms. The summed E-state index contributed by atoms with van der Waals surface area (Å²) >= 11 is 0. The zero-order valence-electron chi connectivity index (χ0n) is 12.3. The minimum absolute atomic E-state index is 0.104. The second-order valence-corrected chi connectivity index (χ2v) is 7.79. The zero-order chi connectivity index (χ0) is 15.1. The van der Waals surface area contributed by atoms with Crippen LogP contribution in [0.2, 0.25) is 0 Å². The number of sulfonamides is 1. The van der Waals surface area contributed by atoms with Gasteiger partial charge in [0.25, 0.3) is 0 Å². The zero-order valence-corrected chi connectivity index (χ0v) is 13.1. The number of aryl methyl sites for hydroxylation is 1. The van der Waals surface area contributed by atoms with Crippen LogP contribution in [-0.4, -0.2) is 32.4 Å². The van der Waals surface area contributed by atoms with E-state index in [0.717, 1.165) is 12.0 Å². The second kappa shape index (κ2) is 7.76. The smallest absolute Gasteiger partial charge is 0.211 e. The van der Waals surface area contributed by atoms with Gasteiger partial charge in [-0.25, -0.2) is 13.1 Å². The lowest BCUT2D eigenvalue weighted by Crippen LogP contribution is -2.35. The monoisotopic (exact) mass is 299 g/mol. The van der Waals surface area contributed by atoms with Crippen molar-refractivity contribution in [2.24, 2.45) is 5.41 Å². The standard InChI is InChI=1S/C15H25NO3S/c1-15(2,10-6-11-17)13-16-20(18,19)12-9-14-7-4-3-5-8-14/h3-5,7-8,16-17H,6,9-13H2,1-2H3. The van der Waals surface area contributed by atoms with Crippen molar-refractivity contribution < 1.29 is 13.5 Å². The van der Waals surface area contributed by atoms with E-state index in [1.54, 1.807) is 0 Å². The van der Waals surface area contributed by atoms with E-state index in [2.05, 4.69) is 4.72 Å². The molecule has 0 aliphatic carbocycles. The Bertz CT molecular complexity index is 483. The fourth-order valence-electron chi connectivity index (χ4n) is 1.92. The van der Waals surface area contributed by atoms with Crippen molar-refractivity contribution in [2.45, 2.75) is 33.1 Å². The van der Waals surface area contributed by atoms with Crippen molar-refractivity contribution in [3.05, 3.63) is 35.9 Å². The van der Waals surface area contributed by atoms with E-state index in [-0.39, 0.29) is 17.8 Å². The van der Waals surface area contributed by atoms with Crippen LogP contribution in [0.4, 0.5) is 0 Å². The highest BCUT2D eigenvalue weighted by molar-refractivity contribution is 7.89. The van der Waals surface area contributed by atoms with Crippen LogP contribution in [0.15, 0.2) is 30.3 Å². The number of benzene rings is 1. The molecule has 1 rings (SSSR count). The van der Waals surface area contributed by atoms with E-state index in [4.69, 9.17) is 5.11 Å². The molecule has 0 radical (unpaired) electrons. The quantitative estimate of drug-likeness (QED) is 0.732. The Kier molecular flexibility index (Phi) is 6.65. The molecule has 0 aliphatic heterocycles. The first-order valence-electron chi connectivity index (χ1n) is 6.97. The fraction of sp³-hybridized carbons (Fsp3) is 0.600. The average Bonchev–Trinajstić information content (AvgIpc) is 2.43. The summed E-state index contributed by atoms with van der Waals surface area (Å²) in [5.41, 5.74) is 0.889. The van der Waals surface area contributed by atoms with E-state index in [1.807, 2.05) is 44.2 Å². The summed E-state index contributed by atoms with van der Waals surface area (Å²) in [6.07, 6.45) is 2.01. The van der Waals surface area contributed by atoms with E-state index >= 15 is 0 Å². The third-order valence-electron chi connectivity index (χ3n) is 3.28. The van der Waals surface area contributed by atoms with Gasteiger partial charge in [-0.1, -0.05) is 44.2 Å². The Hall–Kier alpha value is -0.910. The third-order valence-corrected chi connectivity index (χ3v) is 4.61. The molecule has 0 bridgehead atoms. The molecule has 0 saturated heterocycles. The highest BCUT2D eigenvalue weighted by atomic mass is 32.2. The Morgan fingerprint density at radius 2 is 1.85 bits per heavy atom. The van der Waals surface area contributed by atoms with Crippen molar-refractivity contribution >= 4 is 10.0 Å². The maximum absolute atomic E-state index is 12.0. The summed E-state index contributed by atoms with van der Waals surface area (Å²) in [7, 11) is -3.25. The van der Waals surface area contributed by atoms with Gasteiger partial charge in [-0.3, -0.25) is 0 Å². The van der Waals surface area contributed by atoms with Crippen LogP contribution in [0.3, 0.4) is 0 Å². The molecular formula is C15H25NO3S. The Morgan fingerprint density at radius 3 is 2.45 bits per heavy atom. The molecule has 0 aliphatic rings. The number of nitrogens with one attached hydrogen (secondary N) is 1. The van der Waals surface area contributed by atoms with Gasteiger partial charge in [0, 0.05) is 13.2 Å². The maximum Gasteiger partial charge on any atom is 0.211 e. The molecule has 0 heterocycles. The molecule has 0 saturated carbocycles. The highest BCUT2D eigenvalue weighted by Crippen LogP contribution is 2.21. The summed E-state index contributed by atoms with van der Waals surface area (Å²) in [6, 6.07) is 9.60. The summed E-state index contributed by atoms with van der Waals surface area (Å²) in [5.74, 6) is 0.104. The minimum atomic E-state index is -3.25. The molecule has 0 fully saturated rings. The van der Waals surface area contributed by atoms with Crippen molar-refractivity contribution in [1.29, 1.82) is 0 Å². The number of aliphatic hydroxyl groups excluding tert-OH is 1. The molecule has 0 atom stereocenters. The molecule has 0 spiro atoms. The molecule has 20 heavy (non-hydrogen) atoms. The first-order chi connectivity index (χ1) is 9.35. The van der Waals surface area contributed by atoms with Crippen LogP contribution >= 0.6 is 0 Å². The molecule has 114 valence electrons. The summed E-state index contributed by atoms with van der Waals surface area (Å²) < 4.78 is 26.6. The fourth-order valence-corrected chi connectivity index (χ4v) is 3.18. The van der Waals surface area contributed by atoms with Crippen molar-refractivity contribution in [2.75, 3.05) is 18.9 Å². The summed E-state index contributed by atoms with van der Waals surface area (Å²) in [4.78, 5) is 0. The second-order valence-electron chi connectivity index (χ2n) is 5.87. The van der Waals surface area contributed by atoms with Crippen LogP contribution in [0.1, 0.15) is 32.3 Å². The lowest BCUT2D eigenvalue weighted by Gasteiger charge is -2.24. The molecule has 1 aromatic carbocycles. The van der Waals surface area contributed by atoms with Crippen LogP contribution in [-0.2, 0) is 16.4 Å². The van der Waals surface area contributed by atoms with Gasteiger partial charge in [0.05, 0.1) is 5.75 Å². The van der Waals surface area contributed by atoms with E-state index in [9.17, 15) is 8.42 Å². The minimum Gasteiger partial charge on any atom is -0.396 e. The topological polar surface area (TPSA) is 66.4 Å². The number of rotatable bonds is 9. The van der Waals surface area contributed by atoms with Crippen molar-refractivity contribution in [1.82, 2.24) is 4.72 Å². The van der Waals surface area contributed by atoms with E-state index in [1.165, 1.54) is 0 Å². The number of hydrogen-bond donors (Lipinski definition) is 2. The van der Waals surface area contributed by atoms with E-state index in [0.29, 0.717) is 19.4 Å². The number of aliphatic hydroxyl groups is 1. The third kappa shape index (κ3) is 7.03. The van der Waals surface area contributed by atoms with Crippen molar-refractivity contribution in [3.63, 3.8) is 0 Å². The van der Waals surface area contributed by atoms with Gasteiger partial charge in [-0.2, -0.15) is 0 Å². The average molecular weight is 299 g/mol. The maximum atomic E-state index is 12.0. The molecule has 2 N–H and O–H groups in total. The van der Waals surface area contributed by atoms with Crippen molar-refractivity contribution in [3.8, 4) is 0 Å². The molecule has 4 nitrogen and oxygen atoms in total. The van der Waals surface area contributed by atoms with E-state index < -0.39 is 10.0 Å². The summed E-state index contributed by atoms with van der Waals surface area (Å²) in [6.45, 7) is 4.55. The van der Waals surface area contributed by atoms with Gasteiger partial charge < -0.3 is 5.11 Å². The first-order valence-corrected chi connectivity index (χ1v) is 8.62. The Labute approximate surface area is 122 Å². The van der Waals surface area contributed by atoms with Crippen LogP contribution in [0, 0.1) is 5.41 Å².